The molecule has 0 aliphatic carbocycles. The molecule has 28 heavy (non-hydrogen) atoms. The molecule has 0 radical (unpaired) electrons. The topological polar surface area (TPSA) is 127 Å². The Hall–Kier alpha value is -1.67. The lowest BCUT2D eigenvalue weighted by Crippen LogP contribution is -2.40. The molecule has 1 amide bonds. The standard InChI is InChI=1S/C19H31B2NO6/c23-12-10-8-6-4-2-1-3-5-7-9-11-22-19(24)16-13-17(20(25)26)15-18(14-16)21(27)28/h12-15,25-28H,1-11H2,(H,22,24). The van der Waals surface area contributed by atoms with Crippen LogP contribution in [-0.4, -0.2) is 53.1 Å². The summed E-state index contributed by atoms with van der Waals surface area (Å²) in [5.41, 5.74) is 0.215. The second kappa shape index (κ2) is 14.3. The fourth-order valence-electron chi connectivity index (χ4n) is 3.00. The number of hydrogen-bond donors (Lipinski definition) is 5. The highest BCUT2D eigenvalue weighted by Gasteiger charge is 2.20. The Bertz CT molecular complexity index is 572. The smallest absolute Gasteiger partial charge is 0.423 e. The maximum absolute atomic E-state index is 12.2. The minimum Gasteiger partial charge on any atom is -0.423 e. The SMILES string of the molecule is O=CCCCCCCCCCCCNC(=O)c1cc(B(O)O)cc(B(O)O)c1. The van der Waals surface area contributed by atoms with Gasteiger partial charge in [0.05, 0.1) is 0 Å². The van der Waals surface area contributed by atoms with E-state index in [-0.39, 0.29) is 22.4 Å². The number of benzene rings is 1. The van der Waals surface area contributed by atoms with E-state index in [1.807, 2.05) is 0 Å². The van der Waals surface area contributed by atoms with E-state index in [1.165, 1.54) is 37.5 Å². The normalized spacial score (nSPS) is 10.6. The summed E-state index contributed by atoms with van der Waals surface area (Å²) in [5, 5.41) is 39.9. The third-order valence-corrected chi connectivity index (χ3v) is 4.62. The number of carbonyl (C=O) groups excluding carboxylic acids is 2. The van der Waals surface area contributed by atoms with Crippen LogP contribution in [0.3, 0.4) is 0 Å². The Kier molecular flexibility index (Phi) is 12.5. The summed E-state index contributed by atoms with van der Waals surface area (Å²) in [4.78, 5) is 22.4. The van der Waals surface area contributed by atoms with Gasteiger partial charge in [0, 0.05) is 18.5 Å². The predicted molar refractivity (Wildman–Crippen MR) is 111 cm³/mol. The van der Waals surface area contributed by atoms with Crippen LogP contribution in [-0.2, 0) is 4.79 Å². The molecule has 0 aromatic heterocycles. The van der Waals surface area contributed by atoms with Crippen molar-refractivity contribution >= 4 is 37.4 Å². The van der Waals surface area contributed by atoms with Crippen molar-refractivity contribution in [3.05, 3.63) is 23.8 Å². The number of carbonyl (C=O) groups is 2. The van der Waals surface area contributed by atoms with Crippen molar-refractivity contribution < 1.29 is 29.7 Å². The Morgan fingerprint density at radius 2 is 1.25 bits per heavy atom. The van der Waals surface area contributed by atoms with E-state index < -0.39 is 14.2 Å². The van der Waals surface area contributed by atoms with E-state index >= 15 is 0 Å². The second-order valence-corrected chi connectivity index (χ2v) is 7.03. The van der Waals surface area contributed by atoms with Crippen molar-refractivity contribution in [2.45, 2.75) is 64.2 Å². The molecule has 7 nitrogen and oxygen atoms in total. The molecule has 0 atom stereocenters. The molecule has 1 rings (SSSR count). The number of rotatable bonds is 15. The fraction of sp³-hybridized carbons (Fsp3) is 0.579. The molecule has 154 valence electrons. The zero-order chi connectivity index (χ0) is 20.8. The predicted octanol–water partition coefficient (Wildman–Crippen LogP) is -0.124. The van der Waals surface area contributed by atoms with Crippen molar-refractivity contribution in [1.29, 1.82) is 0 Å². The number of aldehydes is 1. The average molecular weight is 391 g/mol. The van der Waals surface area contributed by atoms with Gasteiger partial charge >= 0.3 is 14.2 Å². The second-order valence-electron chi connectivity index (χ2n) is 7.03. The van der Waals surface area contributed by atoms with Crippen molar-refractivity contribution in [2.75, 3.05) is 6.54 Å². The Morgan fingerprint density at radius 3 is 1.71 bits per heavy atom. The average Bonchev–Trinajstić information content (AvgIpc) is 2.68. The van der Waals surface area contributed by atoms with E-state index in [4.69, 9.17) is 0 Å². The summed E-state index contributed by atoms with van der Waals surface area (Å²) in [6, 6.07) is 3.87. The summed E-state index contributed by atoms with van der Waals surface area (Å²) >= 11 is 0. The van der Waals surface area contributed by atoms with Crippen LogP contribution in [0, 0.1) is 0 Å². The van der Waals surface area contributed by atoms with Crippen molar-refractivity contribution in [1.82, 2.24) is 5.32 Å². The number of unbranched alkanes of at least 4 members (excludes halogenated alkanes) is 9. The van der Waals surface area contributed by atoms with Crippen molar-refractivity contribution in [2.24, 2.45) is 0 Å². The van der Waals surface area contributed by atoms with Crippen LogP contribution in [0.5, 0.6) is 0 Å². The third-order valence-electron chi connectivity index (χ3n) is 4.62. The van der Waals surface area contributed by atoms with E-state index in [2.05, 4.69) is 5.32 Å². The molecule has 0 saturated carbocycles. The van der Waals surface area contributed by atoms with Gasteiger partial charge in [-0.1, -0.05) is 51.0 Å². The minimum absolute atomic E-state index is 0.0295. The summed E-state index contributed by atoms with van der Waals surface area (Å²) < 4.78 is 0. The Labute approximate surface area is 167 Å². The van der Waals surface area contributed by atoms with Gasteiger partial charge in [0.2, 0.25) is 0 Å². The molecule has 0 heterocycles. The highest BCUT2D eigenvalue weighted by Crippen LogP contribution is 2.10. The Morgan fingerprint density at radius 1 is 0.786 bits per heavy atom. The van der Waals surface area contributed by atoms with Gasteiger partial charge in [0.1, 0.15) is 6.29 Å². The molecule has 0 aliphatic rings. The molecule has 1 aromatic carbocycles. The third kappa shape index (κ3) is 10.0. The zero-order valence-electron chi connectivity index (χ0n) is 16.3. The van der Waals surface area contributed by atoms with Crippen LogP contribution in [0.15, 0.2) is 18.2 Å². The van der Waals surface area contributed by atoms with Crippen LogP contribution in [0.4, 0.5) is 0 Å². The fourth-order valence-corrected chi connectivity index (χ4v) is 3.00. The number of amides is 1. The monoisotopic (exact) mass is 391 g/mol. The van der Waals surface area contributed by atoms with E-state index in [9.17, 15) is 29.7 Å². The molecular weight excluding hydrogens is 360 g/mol. The van der Waals surface area contributed by atoms with Crippen LogP contribution in [0.2, 0.25) is 0 Å². The van der Waals surface area contributed by atoms with Crippen LogP contribution >= 0.6 is 0 Å². The molecule has 0 saturated heterocycles. The van der Waals surface area contributed by atoms with Crippen molar-refractivity contribution in [3.63, 3.8) is 0 Å². The molecule has 9 heteroatoms. The molecule has 0 aliphatic heterocycles. The Balaban J connectivity index is 2.22. The van der Waals surface area contributed by atoms with E-state index in [0.29, 0.717) is 13.0 Å². The quantitative estimate of drug-likeness (QED) is 0.161. The molecule has 0 spiro atoms. The minimum atomic E-state index is -1.80. The van der Waals surface area contributed by atoms with Crippen molar-refractivity contribution in [3.8, 4) is 0 Å². The first kappa shape index (κ1) is 24.4. The lowest BCUT2D eigenvalue weighted by Gasteiger charge is -2.10. The first-order valence-electron chi connectivity index (χ1n) is 10.0. The summed E-state index contributed by atoms with van der Waals surface area (Å²) in [6.45, 7) is 0.507. The van der Waals surface area contributed by atoms with Gasteiger partial charge in [-0.15, -0.1) is 0 Å². The first-order valence-corrected chi connectivity index (χ1v) is 10.0. The van der Waals surface area contributed by atoms with Crippen LogP contribution in [0.25, 0.3) is 0 Å². The number of nitrogens with one attached hydrogen (secondary N) is 1. The van der Waals surface area contributed by atoms with Gasteiger partial charge in [-0.05, 0) is 35.9 Å². The largest absolute Gasteiger partial charge is 0.488 e. The van der Waals surface area contributed by atoms with Gasteiger partial charge < -0.3 is 30.2 Å². The molecule has 1 aromatic rings. The van der Waals surface area contributed by atoms with E-state index in [1.54, 1.807) is 0 Å². The molecule has 5 N–H and O–H groups in total. The number of hydrogen-bond acceptors (Lipinski definition) is 6. The van der Waals surface area contributed by atoms with Gasteiger partial charge in [-0.25, -0.2) is 0 Å². The highest BCUT2D eigenvalue weighted by molar-refractivity contribution is 6.62. The first-order chi connectivity index (χ1) is 13.5. The maximum Gasteiger partial charge on any atom is 0.488 e. The maximum atomic E-state index is 12.2. The molecular formula is C19H31B2NO6. The summed E-state index contributed by atoms with van der Waals surface area (Å²) in [6.07, 6.45) is 11.4. The molecule has 0 unspecified atom stereocenters. The zero-order valence-corrected chi connectivity index (χ0v) is 16.3. The highest BCUT2D eigenvalue weighted by atomic mass is 16.4. The lowest BCUT2D eigenvalue weighted by atomic mass is 9.72. The van der Waals surface area contributed by atoms with Gasteiger partial charge in [0.15, 0.2) is 0 Å². The van der Waals surface area contributed by atoms with Crippen LogP contribution < -0.4 is 16.2 Å². The summed E-state index contributed by atoms with van der Waals surface area (Å²) in [5.74, 6) is -0.389. The summed E-state index contributed by atoms with van der Waals surface area (Å²) in [7, 11) is -3.59. The van der Waals surface area contributed by atoms with Gasteiger partial charge in [0.25, 0.3) is 5.91 Å². The van der Waals surface area contributed by atoms with Crippen LogP contribution in [0.1, 0.15) is 74.6 Å². The van der Waals surface area contributed by atoms with Gasteiger partial charge in [-0.3, -0.25) is 4.79 Å². The van der Waals surface area contributed by atoms with Gasteiger partial charge in [-0.2, -0.15) is 0 Å². The van der Waals surface area contributed by atoms with E-state index in [0.717, 1.165) is 44.8 Å². The lowest BCUT2D eigenvalue weighted by molar-refractivity contribution is -0.107. The molecule has 0 bridgehead atoms. The molecule has 0 fully saturated rings.